The molecule has 1 atom stereocenters. The number of ether oxygens (including phenoxy) is 3. The highest BCUT2D eigenvalue weighted by molar-refractivity contribution is 7.22. The standard InChI is InChI=1S/C27H21ClFN5O4S/c1-3-36-17-5-14-4-15(28)6-19(23(14)32-11-17)26-34-22-8-21(29)24-20(25(22)39-26)7-18(38-24)12-37-27(35)33-16-9-30-13(2)31-10-16/h4-6,8-11,18H,3,7,12H2,1-2H3,(H,33,35). The number of pyridine rings is 1. The number of anilines is 1. The number of benzene rings is 2. The summed E-state index contributed by atoms with van der Waals surface area (Å²) in [5.74, 6) is 0.859. The molecule has 1 amide bonds. The van der Waals surface area contributed by atoms with Crippen LogP contribution < -0.4 is 14.8 Å². The average molecular weight is 566 g/mol. The molecule has 0 saturated carbocycles. The van der Waals surface area contributed by atoms with Crippen LogP contribution in [0.25, 0.3) is 31.7 Å². The Balaban J connectivity index is 1.25. The summed E-state index contributed by atoms with van der Waals surface area (Å²) in [6, 6.07) is 6.86. The van der Waals surface area contributed by atoms with Gasteiger partial charge in [0.15, 0.2) is 11.6 Å². The molecule has 4 heterocycles. The summed E-state index contributed by atoms with van der Waals surface area (Å²) in [6.07, 6.45) is 3.76. The van der Waals surface area contributed by atoms with Gasteiger partial charge in [-0.1, -0.05) is 11.6 Å². The van der Waals surface area contributed by atoms with Gasteiger partial charge in [0.05, 0.1) is 46.6 Å². The largest absolute Gasteiger partial charge is 0.492 e. The molecule has 5 aromatic rings. The first kappa shape index (κ1) is 25.2. The molecule has 1 aliphatic heterocycles. The molecule has 6 rings (SSSR count). The number of rotatable bonds is 6. The summed E-state index contributed by atoms with van der Waals surface area (Å²) in [7, 11) is 0. The fraction of sp³-hybridized carbons (Fsp3) is 0.222. The molecule has 2 aromatic carbocycles. The first-order valence-corrected chi connectivity index (χ1v) is 13.3. The predicted molar refractivity (Wildman–Crippen MR) is 146 cm³/mol. The molecule has 39 heavy (non-hydrogen) atoms. The lowest BCUT2D eigenvalue weighted by molar-refractivity contribution is 0.100. The first-order valence-electron chi connectivity index (χ1n) is 12.1. The van der Waals surface area contributed by atoms with E-state index in [1.165, 1.54) is 29.8 Å². The SMILES string of the molecule is CCOc1cnc2c(-c3nc4cc(F)c5c(c4s3)CC(COC(=O)Nc3cnc(C)nc3)O5)cc(Cl)cc2c1. The number of nitrogens with one attached hydrogen (secondary N) is 1. The van der Waals surface area contributed by atoms with Crippen LogP contribution in [0.3, 0.4) is 0 Å². The quantitative estimate of drug-likeness (QED) is 0.253. The normalized spacial score (nSPS) is 14.3. The van der Waals surface area contributed by atoms with Crippen LogP contribution in [0, 0.1) is 12.7 Å². The van der Waals surface area contributed by atoms with Crippen LogP contribution in [-0.2, 0) is 11.2 Å². The lowest BCUT2D eigenvalue weighted by Gasteiger charge is -2.12. The highest BCUT2D eigenvalue weighted by atomic mass is 35.5. The van der Waals surface area contributed by atoms with Crippen molar-refractivity contribution in [2.24, 2.45) is 0 Å². The van der Waals surface area contributed by atoms with Crippen LogP contribution in [0.5, 0.6) is 11.5 Å². The van der Waals surface area contributed by atoms with E-state index < -0.39 is 18.0 Å². The Labute approximate surface area is 230 Å². The summed E-state index contributed by atoms with van der Waals surface area (Å²) in [6.45, 7) is 4.11. The van der Waals surface area contributed by atoms with Gasteiger partial charge in [0.1, 0.15) is 29.3 Å². The van der Waals surface area contributed by atoms with Gasteiger partial charge >= 0.3 is 6.09 Å². The number of carbonyl (C=O) groups is 1. The Morgan fingerprint density at radius 1 is 1.21 bits per heavy atom. The summed E-state index contributed by atoms with van der Waals surface area (Å²) in [5.41, 5.74) is 3.06. The van der Waals surface area contributed by atoms with Crippen molar-refractivity contribution in [3.05, 3.63) is 65.1 Å². The number of hydrogen-bond donors (Lipinski definition) is 1. The predicted octanol–water partition coefficient (Wildman–Crippen LogP) is 6.35. The molecule has 9 nitrogen and oxygen atoms in total. The van der Waals surface area contributed by atoms with Gasteiger partial charge in [-0.15, -0.1) is 11.3 Å². The number of aromatic nitrogens is 4. The zero-order chi connectivity index (χ0) is 27.1. The lowest BCUT2D eigenvalue weighted by atomic mass is 10.1. The number of aryl methyl sites for hydroxylation is 1. The molecule has 0 radical (unpaired) electrons. The van der Waals surface area contributed by atoms with E-state index in [0.717, 1.165) is 15.6 Å². The van der Waals surface area contributed by atoms with Crippen molar-refractivity contribution in [3.8, 4) is 22.1 Å². The van der Waals surface area contributed by atoms with Crippen molar-refractivity contribution in [3.63, 3.8) is 0 Å². The maximum absolute atomic E-state index is 15.0. The number of thiazole rings is 1. The fourth-order valence-electron chi connectivity index (χ4n) is 4.42. The van der Waals surface area contributed by atoms with E-state index in [1.807, 2.05) is 19.1 Å². The molecule has 0 aliphatic carbocycles. The van der Waals surface area contributed by atoms with Crippen LogP contribution >= 0.6 is 22.9 Å². The number of carbonyl (C=O) groups excluding carboxylic acids is 1. The van der Waals surface area contributed by atoms with Crippen LogP contribution in [-0.4, -0.2) is 45.3 Å². The van der Waals surface area contributed by atoms with E-state index in [-0.39, 0.29) is 12.4 Å². The maximum Gasteiger partial charge on any atom is 0.411 e. The van der Waals surface area contributed by atoms with E-state index in [0.29, 0.717) is 56.9 Å². The van der Waals surface area contributed by atoms with Gasteiger partial charge in [-0.05, 0) is 32.0 Å². The van der Waals surface area contributed by atoms with Crippen molar-refractivity contribution >= 4 is 55.8 Å². The number of halogens is 2. The molecule has 0 fully saturated rings. The summed E-state index contributed by atoms with van der Waals surface area (Å²) in [5, 5.41) is 4.55. The molecule has 3 aromatic heterocycles. The van der Waals surface area contributed by atoms with Crippen molar-refractivity contribution in [1.29, 1.82) is 0 Å². The molecule has 0 bridgehead atoms. The van der Waals surface area contributed by atoms with E-state index in [1.54, 1.807) is 19.2 Å². The van der Waals surface area contributed by atoms with E-state index >= 15 is 4.39 Å². The summed E-state index contributed by atoms with van der Waals surface area (Å²) < 4.78 is 32.5. The number of hydrogen-bond acceptors (Lipinski definition) is 9. The highest BCUT2D eigenvalue weighted by Crippen LogP contribution is 2.43. The zero-order valence-electron chi connectivity index (χ0n) is 20.8. The van der Waals surface area contributed by atoms with Crippen LogP contribution in [0.15, 0.2) is 42.9 Å². The van der Waals surface area contributed by atoms with E-state index in [4.69, 9.17) is 30.8 Å². The molecular weight excluding hydrogens is 545 g/mol. The molecule has 1 N–H and O–H groups in total. The number of amides is 1. The van der Waals surface area contributed by atoms with Gasteiger partial charge in [0.2, 0.25) is 0 Å². The highest BCUT2D eigenvalue weighted by Gasteiger charge is 2.31. The van der Waals surface area contributed by atoms with Crippen molar-refractivity contribution < 1.29 is 23.4 Å². The van der Waals surface area contributed by atoms with Crippen molar-refractivity contribution in [2.45, 2.75) is 26.4 Å². The first-order chi connectivity index (χ1) is 18.9. The minimum Gasteiger partial charge on any atom is -0.492 e. The molecule has 0 saturated heterocycles. The minimum atomic E-state index is -0.680. The number of nitrogens with zero attached hydrogens (tertiary/aromatic N) is 4. The lowest BCUT2D eigenvalue weighted by Crippen LogP contribution is -2.25. The number of fused-ring (bicyclic) bond motifs is 4. The smallest absolute Gasteiger partial charge is 0.411 e. The minimum absolute atomic E-state index is 0.0646. The Bertz CT molecular complexity index is 1730. The van der Waals surface area contributed by atoms with Gasteiger partial charge in [-0.2, -0.15) is 0 Å². The van der Waals surface area contributed by atoms with E-state index in [2.05, 4.69) is 20.3 Å². The van der Waals surface area contributed by atoms with Crippen LogP contribution in [0.1, 0.15) is 18.3 Å². The van der Waals surface area contributed by atoms with Gasteiger partial charge in [-0.3, -0.25) is 10.3 Å². The molecule has 198 valence electrons. The molecule has 0 spiro atoms. The Kier molecular flexibility index (Phi) is 6.61. The molecule has 1 aliphatic rings. The Hall–Kier alpha value is -4.09. The summed E-state index contributed by atoms with van der Waals surface area (Å²) in [4.78, 5) is 29.5. The monoisotopic (exact) mass is 565 g/mol. The fourth-order valence-corrected chi connectivity index (χ4v) is 5.76. The van der Waals surface area contributed by atoms with E-state index in [9.17, 15) is 4.79 Å². The average Bonchev–Trinajstić information content (AvgIpc) is 3.53. The molecule has 1 unspecified atom stereocenters. The van der Waals surface area contributed by atoms with Crippen molar-refractivity contribution in [2.75, 3.05) is 18.5 Å². The molecular formula is C27H21ClFN5O4S. The van der Waals surface area contributed by atoms with Crippen LogP contribution in [0.4, 0.5) is 14.9 Å². The topological polar surface area (TPSA) is 108 Å². The zero-order valence-corrected chi connectivity index (χ0v) is 22.4. The Morgan fingerprint density at radius 2 is 2.03 bits per heavy atom. The second kappa shape index (κ2) is 10.2. The maximum atomic E-state index is 15.0. The summed E-state index contributed by atoms with van der Waals surface area (Å²) >= 11 is 7.84. The van der Waals surface area contributed by atoms with Gasteiger partial charge in [-0.25, -0.2) is 24.1 Å². The van der Waals surface area contributed by atoms with Gasteiger partial charge in [0.25, 0.3) is 0 Å². The van der Waals surface area contributed by atoms with Gasteiger partial charge in [0, 0.05) is 34.0 Å². The second-order valence-corrected chi connectivity index (χ2v) is 10.3. The molecule has 12 heteroatoms. The van der Waals surface area contributed by atoms with Crippen LogP contribution in [0.2, 0.25) is 5.02 Å². The Morgan fingerprint density at radius 3 is 2.82 bits per heavy atom. The van der Waals surface area contributed by atoms with Crippen molar-refractivity contribution in [1.82, 2.24) is 19.9 Å². The third kappa shape index (κ3) is 5.02. The third-order valence-corrected chi connectivity index (χ3v) is 7.47. The van der Waals surface area contributed by atoms with Gasteiger partial charge < -0.3 is 14.2 Å². The third-order valence-electron chi connectivity index (χ3n) is 6.09. The second-order valence-electron chi connectivity index (χ2n) is 8.85.